The molecule has 1 aliphatic heterocycles. The third-order valence-corrected chi connectivity index (χ3v) is 7.67. The van der Waals surface area contributed by atoms with Gasteiger partial charge in [0.25, 0.3) is 0 Å². The Labute approximate surface area is 254 Å². The molecular formula is C32H37F3N4O5. The van der Waals surface area contributed by atoms with Crippen LogP contribution in [0.5, 0.6) is 5.75 Å². The van der Waals surface area contributed by atoms with Gasteiger partial charge in [-0.2, -0.15) is 13.2 Å². The van der Waals surface area contributed by atoms with Crippen LogP contribution in [0.2, 0.25) is 0 Å². The van der Waals surface area contributed by atoms with E-state index in [0.29, 0.717) is 17.0 Å². The Balaban J connectivity index is 1.56. The van der Waals surface area contributed by atoms with Crippen molar-refractivity contribution in [3.8, 4) is 5.75 Å². The molecule has 0 aliphatic carbocycles. The summed E-state index contributed by atoms with van der Waals surface area (Å²) in [6.07, 6.45) is -7.14. The fraction of sp³-hybridized carbons (Fsp3) is 0.406. The third kappa shape index (κ3) is 8.40. The van der Waals surface area contributed by atoms with Gasteiger partial charge < -0.3 is 30.3 Å². The van der Waals surface area contributed by atoms with Crippen molar-refractivity contribution < 1.29 is 37.4 Å². The van der Waals surface area contributed by atoms with Crippen LogP contribution in [-0.2, 0) is 16.0 Å². The molecule has 236 valence electrons. The largest absolute Gasteiger partial charge is 0.488 e. The van der Waals surface area contributed by atoms with Gasteiger partial charge in [0.1, 0.15) is 11.9 Å². The van der Waals surface area contributed by atoms with Crippen LogP contribution < -0.4 is 15.4 Å². The number of ether oxygens (including phenoxy) is 1. The summed E-state index contributed by atoms with van der Waals surface area (Å²) in [5.74, 6) is -1.01. The minimum absolute atomic E-state index is 0.122. The molecule has 0 aromatic heterocycles. The highest BCUT2D eigenvalue weighted by Crippen LogP contribution is 2.30. The van der Waals surface area contributed by atoms with Crippen LogP contribution in [0.3, 0.4) is 0 Å². The zero-order valence-electron chi connectivity index (χ0n) is 24.9. The number of benzene rings is 3. The fourth-order valence-corrected chi connectivity index (χ4v) is 5.10. The Morgan fingerprint density at radius 1 is 1.11 bits per heavy atom. The van der Waals surface area contributed by atoms with E-state index >= 15 is 0 Å². The summed E-state index contributed by atoms with van der Waals surface area (Å²) in [4.78, 5) is 41.9. The van der Waals surface area contributed by atoms with Crippen molar-refractivity contribution in [1.82, 2.24) is 9.80 Å². The van der Waals surface area contributed by atoms with Gasteiger partial charge in [-0.15, -0.1) is 0 Å². The van der Waals surface area contributed by atoms with E-state index < -0.39 is 37.1 Å². The molecule has 4 rings (SSSR count). The summed E-state index contributed by atoms with van der Waals surface area (Å²) in [5.41, 5.74) is 1.30. The molecule has 1 aliphatic rings. The number of carbonyl (C=O) groups is 3. The SMILES string of the molecule is C[C@@H]1CN([C@@H](C)CO)C(=O)Cc2cc(NC(=O)CCC(F)(F)F)ccc2O[C@H]1CN(C)C(=O)Nc1cccc2ccccc12. The first-order valence-electron chi connectivity index (χ1n) is 14.4. The Bertz CT molecular complexity index is 1490. The molecule has 1 heterocycles. The molecule has 3 aromatic rings. The number of fused-ring (bicyclic) bond motifs is 2. The maximum Gasteiger partial charge on any atom is 0.389 e. The van der Waals surface area contributed by atoms with Crippen LogP contribution in [0.4, 0.5) is 29.3 Å². The van der Waals surface area contributed by atoms with E-state index in [1.165, 1.54) is 17.0 Å². The molecule has 3 atom stereocenters. The van der Waals surface area contributed by atoms with Crippen molar-refractivity contribution in [2.45, 2.75) is 51.4 Å². The summed E-state index contributed by atoms with van der Waals surface area (Å²) in [6.45, 7) is 3.76. The Hall–Kier alpha value is -4.32. The third-order valence-electron chi connectivity index (χ3n) is 7.67. The van der Waals surface area contributed by atoms with Gasteiger partial charge in [0.15, 0.2) is 0 Å². The summed E-state index contributed by atoms with van der Waals surface area (Å²) in [7, 11) is 1.64. The molecule has 3 N–H and O–H groups in total. The minimum Gasteiger partial charge on any atom is -0.488 e. The van der Waals surface area contributed by atoms with E-state index in [-0.39, 0.29) is 49.7 Å². The predicted octanol–water partition coefficient (Wildman–Crippen LogP) is 5.43. The summed E-state index contributed by atoms with van der Waals surface area (Å²) in [5, 5.41) is 17.2. The lowest BCUT2D eigenvalue weighted by Gasteiger charge is -2.34. The van der Waals surface area contributed by atoms with Crippen LogP contribution in [-0.4, -0.2) is 77.8 Å². The minimum atomic E-state index is -4.46. The summed E-state index contributed by atoms with van der Waals surface area (Å²) < 4.78 is 44.1. The highest BCUT2D eigenvalue weighted by molar-refractivity contribution is 6.01. The molecule has 0 unspecified atom stereocenters. The predicted molar refractivity (Wildman–Crippen MR) is 162 cm³/mol. The Morgan fingerprint density at radius 2 is 1.84 bits per heavy atom. The lowest BCUT2D eigenvalue weighted by Crippen LogP contribution is -2.48. The van der Waals surface area contributed by atoms with Crippen molar-refractivity contribution >= 4 is 40.0 Å². The number of carbonyl (C=O) groups excluding carboxylic acids is 3. The number of halogens is 3. The van der Waals surface area contributed by atoms with Crippen molar-refractivity contribution in [1.29, 1.82) is 0 Å². The Morgan fingerprint density at radius 3 is 2.57 bits per heavy atom. The highest BCUT2D eigenvalue weighted by atomic mass is 19.4. The van der Waals surface area contributed by atoms with Gasteiger partial charge in [-0.25, -0.2) is 4.79 Å². The molecule has 0 fully saturated rings. The highest BCUT2D eigenvalue weighted by Gasteiger charge is 2.32. The first-order valence-corrected chi connectivity index (χ1v) is 14.4. The molecule has 44 heavy (non-hydrogen) atoms. The van der Waals surface area contributed by atoms with Gasteiger partial charge in [0.05, 0.1) is 37.7 Å². The van der Waals surface area contributed by atoms with Crippen LogP contribution in [0.1, 0.15) is 32.3 Å². The monoisotopic (exact) mass is 614 g/mol. The second-order valence-electron chi connectivity index (χ2n) is 11.2. The van der Waals surface area contributed by atoms with Gasteiger partial charge in [0.2, 0.25) is 11.8 Å². The molecule has 9 nitrogen and oxygen atoms in total. The molecule has 3 aromatic carbocycles. The number of nitrogens with zero attached hydrogens (tertiary/aromatic N) is 2. The van der Waals surface area contributed by atoms with E-state index in [2.05, 4.69) is 10.6 Å². The van der Waals surface area contributed by atoms with Crippen LogP contribution >= 0.6 is 0 Å². The van der Waals surface area contributed by atoms with Gasteiger partial charge in [-0.05, 0) is 36.6 Å². The zero-order chi connectivity index (χ0) is 32.0. The first-order chi connectivity index (χ1) is 20.8. The topological polar surface area (TPSA) is 111 Å². The van der Waals surface area contributed by atoms with Crippen LogP contribution in [0, 0.1) is 5.92 Å². The number of aliphatic hydroxyl groups excluding tert-OH is 1. The molecular weight excluding hydrogens is 577 g/mol. The van der Waals surface area contributed by atoms with E-state index in [1.54, 1.807) is 24.9 Å². The smallest absolute Gasteiger partial charge is 0.389 e. The van der Waals surface area contributed by atoms with Gasteiger partial charge in [-0.3, -0.25) is 9.59 Å². The average Bonchev–Trinajstić information content (AvgIpc) is 3.02. The molecule has 0 saturated heterocycles. The number of anilines is 2. The van der Waals surface area contributed by atoms with Crippen molar-refractivity contribution in [3.05, 3.63) is 66.2 Å². The maximum absolute atomic E-state index is 13.4. The number of rotatable bonds is 8. The van der Waals surface area contributed by atoms with Gasteiger partial charge >= 0.3 is 12.2 Å². The van der Waals surface area contributed by atoms with Crippen molar-refractivity contribution in [2.75, 3.05) is 37.4 Å². The van der Waals surface area contributed by atoms with Crippen molar-refractivity contribution in [2.24, 2.45) is 5.92 Å². The number of nitrogens with one attached hydrogen (secondary N) is 2. The van der Waals surface area contributed by atoms with Gasteiger partial charge in [-0.1, -0.05) is 43.3 Å². The van der Waals surface area contributed by atoms with E-state index in [4.69, 9.17) is 4.74 Å². The lowest BCUT2D eigenvalue weighted by atomic mass is 10.0. The molecule has 4 amide bonds. The zero-order valence-corrected chi connectivity index (χ0v) is 24.9. The quantitative estimate of drug-likeness (QED) is 0.313. The standard InChI is InChI=1S/C32H37F3N4O5/c1-20-17-39(21(2)19-40)30(42)16-23-15-24(36-29(41)13-14-32(33,34)35)11-12-27(23)44-28(20)18-38(3)31(43)37-26-10-6-8-22-7-4-5-9-25(22)26/h4-12,15,20-21,28,40H,13-14,16-19H2,1-3H3,(H,36,41)(H,37,43)/t20-,21+,28+/m1/s1. The molecule has 0 saturated carbocycles. The number of hydrogen-bond donors (Lipinski definition) is 3. The Kier molecular flexibility index (Phi) is 10.4. The normalized spacial score (nSPS) is 17.9. The van der Waals surface area contributed by atoms with Crippen LogP contribution in [0.25, 0.3) is 10.8 Å². The number of hydrogen-bond acceptors (Lipinski definition) is 5. The molecule has 0 bridgehead atoms. The first kappa shape index (κ1) is 32.6. The summed E-state index contributed by atoms with van der Waals surface area (Å²) in [6, 6.07) is 17.0. The van der Waals surface area contributed by atoms with Crippen LogP contribution in [0.15, 0.2) is 60.7 Å². The number of urea groups is 1. The van der Waals surface area contributed by atoms with E-state index in [9.17, 15) is 32.7 Å². The molecule has 0 radical (unpaired) electrons. The van der Waals surface area contributed by atoms with Gasteiger partial charge in [0, 0.05) is 42.6 Å². The second kappa shape index (κ2) is 14.0. The average molecular weight is 615 g/mol. The number of aliphatic hydroxyl groups is 1. The summed E-state index contributed by atoms with van der Waals surface area (Å²) >= 11 is 0. The van der Waals surface area contributed by atoms with E-state index in [1.807, 2.05) is 49.4 Å². The second-order valence-corrected chi connectivity index (χ2v) is 11.2. The number of alkyl halides is 3. The number of likely N-dealkylation sites (N-methyl/N-ethyl adjacent to an activating group) is 1. The molecule has 12 heteroatoms. The molecule has 0 spiro atoms. The van der Waals surface area contributed by atoms with E-state index in [0.717, 1.165) is 10.8 Å². The fourth-order valence-electron chi connectivity index (χ4n) is 5.10. The van der Waals surface area contributed by atoms with Crippen molar-refractivity contribution in [3.63, 3.8) is 0 Å². The lowest BCUT2D eigenvalue weighted by molar-refractivity contribution is -0.142. The number of amides is 4. The maximum atomic E-state index is 13.4.